The van der Waals surface area contributed by atoms with Gasteiger partial charge in [-0.1, -0.05) is 13.5 Å². The van der Waals surface area contributed by atoms with Crippen LogP contribution >= 0.6 is 0 Å². The van der Waals surface area contributed by atoms with Crippen molar-refractivity contribution in [2.75, 3.05) is 19.8 Å². The van der Waals surface area contributed by atoms with E-state index in [1.54, 1.807) is 0 Å². The van der Waals surface area contributed by atoms with Crippen molar-refractivity contribution < 1.29 is 14.2 Å². The molecule has 0 aliphatic heterocycles. The lowest BCUT2D eigenvalue weighted by atomic mass is 10.3. The lowest BCUT2D eigenvalue weighted by Gasteiger charge is -2.28. The molecule has 3 nitrogen and oxygen atoms in total. The van der Waals surface area contributed by atoms with E-state index in [4.69, 9.17) is 14.2 Å². The van der Waals surface area contributed by atoms with E-state index in [1.165, 1.54) is 6.26 Å². The Kier molecular flexibility index (Phi) is 6.63. The maximum atomic E-state index is 5.50. The Morgan fingerprint density at radius 2 is 2.08 bits per heavy atom. The minimum Gasteiger partial charge on any atom is -0.468 e. The van der Waals surface area contributed by atoms with Crippen LogP contribution in [-0.4, -0.2) is 25.6 Å². The van der Waals surface area contributed by atoms with Crippen molar-refractivity contribution >= 4 is 0 Å². The number of rotatable bonds is 8. The van der Waals surface area contributed by atoms with Crippen LogP contribution in [0.1, 0.15) is 27.2 Å². The third-order valence-electron chi connectivity index (χ3n) is 1.51. The quantitative estimate of drug-likeness (QED) is 0.432. The Morgan fingerprint density at radius 3 is 2.54 bits per heavy atom. The van der Waals surface area contributed by atoms with Crippen LogP contribution in [-0.2, 0) is 14.2 Å². The first-order chi connectivity index (χ1) is 6.18. The largest absolute Gasteiger partial charge is 0.468 e. The van der Waals surface area contributed by atoms with E-state index in [9.17, 15) is 0 Å². The van der Waals surface area contributed by atoms with Gasteiger partial charge in [0, 0.05) is 13.5 Å². The molecule has 0 spiro atoms. The highest BCUT2D eigenvalue weighted by atomic mass is 16.7. The van der Waals surface area contributed by atoms with Gasteiger partial charge in [-0.05, 0) is 13.3 Å². The zero-order chi connectivity index (χ0) is 10.2. The molecule has 0 saturated heterocycles. The van der Waals surface area contributed by atoms with Crippen molar-refractivity contribution in [2.24, 2.45) is 0 Å². The molecule has 78 valence electrons. The van der Waals surface area contributed by atoms with Crippen molar-refractivity contribution in [3.05, 3.63) is 12.8 Å². The van der Waals surface area contributed by atoms with Gasteiger partial charge in [-0.25, -0.2) is 0 Å². The molecule has 0 amide bonds. The summed E-state index contributed by atoms with van der Waals surface area (Å²) in [6.07, 6.45) is 2.34. The lowest BCUT2D eigenvalue weighted by Crippen LogP contribution is -2.36. The highest BCUT2D eigenvalue weighted by Gasteiger charge is 2.25. The average Bonchev–Trinajstić information content (AvgIpc) is 2.12. The highest BCUT2D eigenvalue weighted by molar-refractivity contribution is 4.66. The summed E-state index contributed by atoms with van der Waals surface area (Å²) in [5, 5.41) is 0. The van der Waals surface area contributed by atoms with Crippen molar-refractivity contribution in [2.45, 2.75) is 33.0 Å². The van der Waals surface area contributed by atoms with E-state index < -0.39 is 5.79 Å². The molecule has 0 aromatic rings. The van der Waals surface area contributed by atoms with E-state index >= 15 is 0 Å². The van der Waals surface area contributed by atoms with Crippen LogP contribution in [0.25, 0.3) is 0 Å². The zero-order valence-electron chi connectivity index (χ0n) is 8.84. The van der Waals surface area contributed by atoms with E-state index in [2.05, 4.69) is 13.5 Å². The van der Waals surface area contributed by atoms with Crippen molar-refractivity contribution in [3.8, 4) is 0 Å². The predicted octanol–water partition coefficient (Wildman–Crippen LogP) is 2.33. The zero-order valence-corrected chi connectivity index (χ0v) is 8.84. The minimum atomic E-state index is -0.687. The van der Waals surface area contributed by atoms with Gasteiger partial charge in [-0.3, -0.25) is 0 Å². The monoisotopic (exact) mass is 188 g/mol. The summed E-state index contributed by atoms with van der Waals surface area (Å²) in [6, 6.07) is 0. The summed E-state index contributed by atoms with van der Waals surface area (Å²) in [6.45, 7) is 11.1. The maximum absolute atomic E-state index is 5.50. The van der Waals surface area contributed by atoms with Gasteiger partial charge < -0.3 is 14.2 Å². The number of hydrogen-bond donors (Lipinski definition) is 0. The van der Waals surface area contributed by atoms with E-state index in [1.807, 2.05) is 13.8 Å². The molecule has 0 heterocycles. The molecule has 0 radical (unpaired) electrons. The van der Waals surface area contributed by atoms with Crippen LogP contribution in [0.3, 0.4) is 0 Å². The minimum absolute atomic E-state index is 0.426. The van der Waals surface area contributed by atoms with Gasteiger partial charge in [-0.15, -0.1) is 0 Å². The SMILES string of the molecule is C=COC(C)(COCC)OCCC. The second-order valence-electron chi connectivity index (χ2n) is 2.90. The molecule has 0 bridgehead atoms. The van der Waals surface area contributed by atoms with Crippen LogP contribution < -0.4 is 0 Å². The average molecular weight is 188 g/mol. The third-order valence-corrected chi connectivity index (χ3v) is 1.51. The predicted molar refractivity (Wildman–Crippen MR) is 52.4 cm³/mol. The first kappa shape index (κ1) is 12.5. The molecular formula is C10H20O3. The molecule has 0 aromatic heterocycles. The molecule has 3 heteroatoms. The molecule has 0 aromatic carbocycles. The summed E-state index contributed by atoms with van der Waals surface area (Å²) in [4.78, 5) is 0. The first-order valence-electron chi connectivity index (χ1n) is 4.69. The molecule has 1 unspecified atom stereocenters. The van der Waals surface area contributed by atoms with Crippen LogP contribution in [0, 0.1) is 0 Å². The van der Waals surface area contributed by atoms with Gasteiger partial charge in [0.05, 0.1) is 12.9 Å². The van der Waals surface area contributed by atoms with Crippen molar-refractivity contribution in [3.63, 3.8) is 0 Å². The summed E-state index contributed by atoms with van der Waals surface area (Å²) in [5.41, 5.74) is 0. The van der Waals surface area contributed by atoms with Crippen LogP contribution in [0.4, 0.5) is 0 Å². The summed E-state index contributed by atoms with van der Waals surface area (Å²) in [5.74, 6) is -0.687. The molecule has 0 aliphatic carbocycles. The topological polar surface area (TPSA) is 27.7 Å². The standard InChI is InChI=1S/C10H20O3/c1-5-8-13-10(4,12-7-3)9-11-6-2/h7H,3,5-6,8-9H2,1-2,4H3. The molecule has 1 atom stereocenters. The Bertz CT molecular complexity index is 126. The Labute approximate surface area is 80.7 Å². The number of ether oxygens (including phenoxy) is 3. The van der Waals surface area contributed by atoms with Gasteiger partial charge in [0.2, 0.25) is 5.79 Å². The van der Waals surface area contributed by atoms with Crippen molar-refractivity contribution in [1.82, 2.24) is 0 Å². The van der Waals surface area contributed by atoms with Gasteiger partial charge in [0.1, 0.15) is 6.61 Å². The molecule has 0 rings (SSSR count). The molecule has 0 aliphatic rings. The Balaban J connectivity index is 3.90. The fourth-order valence-corrected chi connectivity index (χ4v) is 0.891. The Hall–Kier alpha value is -0.540. The van der Waals surface area contributed by atoms with Gasteiger partial charge in [-0.2, -0.15) is 0 Å². The summed E-state index contributed by atoms with van der Waals surface area (Å²) in [7, 11) is 0. The van der Waals surface area contributed by atoms with Gasteiger partial charge >= 0.3 is 0 Å². The third kappa shape index (κ3) is 5.66. The normalized spacial score (nSPS) is 15.0. The highest BCUT2D eigenvalue weighted by Crippen LogP contribution is 2.13. The van der Waals surface area contributed by atoms with Crippen LogP contribution in [0.5, 0.6) is 0 Å². The van der Waals surface area contributed by atoms with E-state index in [0.717, 1.165) is 6.42 Å². The molecule has 0 saturated carbocycles. The molecule has 13 heavy (non-hydrogen) atoms. The second-order valence-corrected chi connectivity index (χ2v) is 2.90. The maximum Gasteiger partial charge on any atom is 0.230 e. The smallest absolute Gasteiger partial charge is 0.230 e. The molecule has 0 fully saturated rings. The molecular weight excluding hydrogens is 168 g/mol. The van der Waals surface area contributed by atoms with Crippen molar-refractivity contribution in [1.29, 1.82) is 0 Å². The molecule has 0 N–H and O–H groups in total. The second kappa shape index (κ2) is 6.92. The number of hydrogen-bond acceptors (Lipinski definition) is 3. The van der Waals surface area contributed by atoms with Crippen LogP contribution in [0.2, 0.25) is 0 Å². The summed E-state index contributed by atoms with van der Waals surface area (Å²) < 4.78 is 16.0. The first-order valence-corrected chi connectivity index (χ1v) is 4.69. The van der Waals surface area contributed by atoms with Gasteiger partial charge in [0.25, 0.3) is 0 Å². The Morgan fingerprint density at radius 1 is 1.38 bits per heavy atom. The lowest BCUT2D eigenvalue weighted by molar-refractivity contribution is -0.222. The van der Waals surface area contributed by atoms with Gasteiger partial charge in [0.15, 0.2) is 0 Å². The summed E-state index contributed by atoms with van der Waals surface area (Å²) >= 11 is 0. The van der Waals surface area contributed by atoms with E-state index in [0.29, 0.717) is 19.8 Å². The fourth-order valence-electron chi connectivity index (χ4n) is 0.891. The fraction of sp³-hybridized carbons (Fsp3) is 0.800. The van der Waals surface area contributed by atoms with Crippen LogP contribution in [0.15, 0.2) is 12.8 Å². The van der Waals surface area contributed by atoms with E-state index in [-0.39, 0.29) is 0 Å².